The Morgan fingerprint density at radius 3 is 2.56 bits per heavy atom. The molecule has 1 unspecified atom stereocenters. The number of nitrogens with zero attached hydrogens (tertiary/aromatic N) is 2. The van der Waals surface area contributed by atoms with Crippen molar-refractivity contribution < 1.29 is 19.4 Å². The molecular formula is C18H25N3O4. The number of carboxylic acid groups (broad SMARTS) is 1. The number of hydrogen-bond donors (Lipinski definition) is 2. The fourth-order valence-corrected chi connectivity index (χ4v) is 3.58. The monoisotopic (exact) mass is 347 g/mol. The molecule has 2 aliphatic heterocycles. The zero-order valence-electron chi connectivity index (χ0n) is 14.5. The lowest BCUT2D eigenvalue weighted by Gasteiger charge is -2.31. The molecule has 25 heavy (non-hydrogen) atoms. The predicted octanol–water partition coefficient (Wildman–Crippen LogP) is 1.78. The summed E-state index contributed by atoms with van der Waals surface area (Å²) in [6.45, 7) is 2.63. The van der Waals surface area contributed by atoms with Crippen molar-refractivity contribution in [1.82, 2.24) is 10.2 Å². The summed E-state index contributed by atoms with van der Waals surface area (Å²) in [5.74, 6) is -0.245. The molecule has 1 atom stereocenters. The van der Waals surface area contributed by atoms with E-state index in [1.807, 2.05) is 24.3 Å². The largest absolute Gasteiger partial charge is 0.495 e. The number of urea groups is 1. The van der Waals surface area contributed by atoms with E-state index in [2.05, 4.69) is 10.2 Å². The zero-order valence-corrected chi connectivity index (χ0v) is 14.5. The Morgan fingerprint density at radius 1 is 1.16 bits per heavy atom. The molecule has 0 radical (unpaired) electrons. The number of likely N-dealkylation sites (tertiary alicyclic amines) is 1. The van der Waals surface area contributed by atoms with Crippen molar-refractivity contribution in [3.05, 3.63) is 24.3 Å². The number of amides is 2. The van der Waals surface area contributed by atoms with Crippen LogP contribution in [0.2, 0.25) is 0 Å². The van der Waals surface area contributed by atoms with Crippen LogP contribution in [0.25, 0.3) is 0 Å². The van der Waals surface area contributed by atoms with Crippen molar-refractivity contribution in [3.8, 4) is 5.75 Å². The molecule has 2 aliphatic rings. The number of nitrogens with one attached hydrogen (secondary N) is 1. The summed E-state index contributed by atoms with van der Waals surface area (Å²) < 4.78 is 5.41. The number of carboxylic acids is 1. The first-order valence-corrected chi connectivity index (χ1v) is 8.74. The Labute approximate surface area is 147 Å². The van der Waals surface area contributed by atoms with E-state index >= 15 is 0 Å². The van der Waals surface area contributed by atoms with Gasteiger partial charge in [-0.15, -0.1) is 0 Å². The second-order valence-corrected chi connectivity index (χ2v) is 6.65. The van der Waals surface area contributed by atoms with Crippen LogP contribution in [0.3, 0.4) is 0 Å². The molecule has 0 aliphatic carbocycles. The van der Waals surface area contributed by atoms with Crippen LogP contribution in [0.1, 0.15) is 19.3 Å². The molecule has 2 amide bonds. The summed E-state index contributed by atoms with van der Waals surface area (Å²) in [5, 5.41) is 12.1. The van der Waals surface area contributed by atoms with Crippen LogP contribution in [-0.2, 0) is 4.79 Å². The van der Waals surface area contributed by atoms with Gasteiger partial charge in [-0.2, -0.15) is 0 Å². The Bertz CT molecular complexity index is 629. The quantitative estimate of drug-likeness (QED) is 0.868. The summed E-state index contributed by atoms with van der Waals surface area (Å²) in [5.41, 5.74) is 1.05. The number of hydrogen-bond acceptors (Lipinski definition) is 4. The third-order valence-electron chi connectivity index (χ3n) is 5.07. The van der Waals surface area contributed by atoms with Crippen LogP contribution in [-0.4, -0.2) is 61.3 Å². The van der Waals surface area contributed by atoms with Crippen molar-refractivity contribution in [3.63, 3.8) is 0 Å². The fraction of sp³-hybridized carbons (Fsp3) is 0.556. The van der Waals surface area contributed by atoms with Crippen LogP contribution >= 0.6 is 0 Å². The van der Waals surface area contributed by atoms with Gasteiger partial charge in [0.25, 0.3) is 0 Å². The summed E-state index contributed by atoms with van der Waals surface area (Å²) >= 11 is 0. The number of carbonyl (C=O) groups is 2. The smallest absolute Gasteiger partial charge is 0.317 e. The molecule has 0 aromatic heterocycles. The summed E-state index contributed by atoms with van der Waals surface area (Å²) in [7, 11) is 1.66. The predicted molar refractivity (Wildman–Crippen MR) is 94.1 cm³/mol. The summed E-state index contributed by atoms with van der Waals surface area (Å²) in [6.07, 6.45) is 1.94. The van der Waals surface area contributed by atoms with E-state index in [9.17, 15) is 9.59 Å². The van der Waals surface area contributed by atoms with Gasteiger partial charge in [0, 0.05) is 32.2 Å². The molecule has 2 heterocycles. The van der Waals surface area contributed by atoms with Crippen LogP contribution in [0, 0.1) is 5.92 Å². The Morgan fingerprint density at radius 2 is 1.88 bits per heavy atom. The molecule has 0 spiro atoms. The Hall–Kier alpha value is -2.44. The van der Waals surface area contributed by atoms with E-state index in [-0.39, 0.29) is 18.0 Å². The first kappa shape index (κ1) is 17.4. The number of piperidine rings is 1. The third-order valence-corrected chi connectivity index (χ3v) is 5.07. The lowest BCUT2D eigenvalue weighted by Crippen LogP contribution is -2.49. The average Bonchev–Trinajstić information content (AvgIpc) is 3.10. The van der Waals surface area contributed by atoms with Gasteiger partial charge in [-0.05, 0) is 31.4 Å². The molecule has 1 aromatic carbocycles. The second kappa shape index (κ2) is 7.63. The molecule has 1 aromatic rings. The standard InChI is InChI=1S/C18H25N3O4/c1-25-16-5-3-2-4-15(16)21-11-8-14(12-21)19-18(24)20-9-6-13(7-10-20)17(22)23/h2-5,13-14H,6-12H2,1H3,(H,19,24)(H,22,23). The number of ether oxygens (including phenoxy) is 1. The van der Waals surface area contributed by atoms with Gasteiger partial charge >= 0.3 is 12.0 Å². The van der Waals surface area contributed by atoms with Gasteiger partial charge in [-0.3, -0.25) is 4.79 Å². The minimum absolute atomic E-state index is 0.0873. The van der Waals surface area contributed by atoms with Crippen molar-refractivity contribution >= 4 is 17.7 Å². The topological polar surface area (TPSA) is 82.1 Å². The van der Waals surface area contributed by atoms with Gasteiger partial charge in [-0.1, -0.05) is 12.1 Å². The number of benzene rings is 1. The Kier molecular flexibility index (Phi) is 5.31. The van der Waals surface area contributed by atoms with Crippen LogP contribution in [0.4, 0.5) is 10.5 Å². The first-order chi connectivity index (χ1) is 12.1. The van der Waals surface area contributed by atoms with Gasteiger partial charge < -0.3 is 25.0 Å². The molecule has 3 rings (SSSR count). The molecule has 2 N–H and O–H groups in total. The molecule has 136 valence electrons. The van der Waals surface area contributed by atoms with Gasteiger partial charge in [0.2, 0.25) is 0 Å². The van der Waals surface area contributed by atoms with Gasteiger partial charge in [0.05, 0.1) is 18.7 Å². The number of rotatable bonds is 4. The molecular weight excluding hydrogens is 322 g/mol. The highest BCUT2D eigenvalue weighted by Gasteiger charge is 2.30. The van der Waals surface area contributed by atoms with Gasteiger partial charge in [0.15, 0.2) is 0 Å². The number of aliphatic carboxylic acids is 1. The lowest BCUT2D eigenvalue weighted by atomic mass is 9.97. The molecule has 2 saturated heterocycles. The number of para-hydroxylation sites is 2. The normalized spacial score (nSPS) is 21.2. The maximum Gasteiger partial charge on any atom is 0.317 e. The first-order valence-electron chi connectivity index (χ1n) is 8.74. The minimum atomic E-state index is -0.761. The van der Waals surface area contributed by atoms with E-state index in [1.165, 1.54) is 0 Å². The lowest BCUT2D eigenvalue weighted by molar-refractivity contribution is -0.143. The molecule has 7 heteroatoms. The van der Waals surface area contributed by atoms with E-state index in [0.717, 1.165) is 30.9 Å². The number of anilines is 1. The highest BCUT2D eigenvalue weighted by Crippen LogP contribution is 2.30. The molecule has 0 bridgehead atoms. The van der Waals surface area contributed by atoms with Crippen molar-refractivity contribution in [2.75, 3.05) is 38.2 Å². The molecule has 2 fully saturated rings. The fourth-order valence-electron chi connectivity index (χ4n) is 3.58. The van der Waals surface area contributed by atoms with Crippen molar-refractivity contribution in [2.45, 2.75) is 25.3 Å². The van der Waals surface area contributed by atoms with E-state index in [0.29, 0.717) is 25.9 Å². The van der Waals surface area contributed by atoms with Gasteiger partial charge in [0.1, 0.15) is 5.75 Å². The summed E-state index contributed by atoms with van der Waals surface area (Å²) in [4.78, 5) is 27.4. The van der Waals surface area contributed by atoms with Crippen LogP contribution in [0.15, 0.2) is 24.3 Å². The molecule has 0 saturated carbocycles. The van der Waals surface area contributed by atoms with Crippen molar-refractivity contribution in [2.24, 2.45) is 5.92 Å². The third kappa shape index (κ3) is 3.97. The van der Waals surface area contributed by atoms with E-state index < -0.39 is 5.97 Å². The second-order valence-electron chi connectivity index (χ2n) is 6.65. The van der Waals surface area contributed by atoms with E-state index in [1.54, 1.807) is 12.0 Å². The van der Waals surface area contributed by atoms with E-state index in [4.69, 9.17) is 9.84 Å². The maximum absolute atomic E-state index is 12.4. The minimum Gasteiger partial charge on any atom is -0.495 e. The average molecular weight is 347 g/mol. The number of methoxy groups -OCH3 is 1. The summed E-state index contributed by atoms with van der Waals surface area (Å²) in [6, 6.07) is 7.90. The van der Waals surface area contributed by atoms with Crippen LogP contribution in [0.5, 0.6) is 5.75 Å². The van der Waals surface area contributed by atoms with Crippen molar-refractivity contribution in [1.29, 1.82) is 0 Å². The van der Waals surface area contributed by atoms with Crippen LogP contribution < -0.4 is 15.0 Å². The number of carbonyl (C=O) groups excluding carboxylic acids is 1. The Balaban J connectivity index is 1.51. The highest BCUT2D eigenvalue weighted by atomic mass is 16.5. The SMILES string of the molecule is COc1ccccc1N1CCC(NC(=O)N2CCC(C(=O)O)CC2)C1. The highest BCUT2D eigenvalue weighted by molar-refractivity contribution is 5.76. The molecule has 7 nitrogen and oxygen atoms in total. The zero-order chi connectivity index (χ0) is 17.8. The maximum atomic E-state index is 12.4. The van der Waals surface area contributed by atoms with Gasteiger partial charge in [-0.25, -0.2) is 4.79 Å².